The number of carbonyl (C=O) groups is 1. The quantitative estimate of drug-likeness (QED) is 0.918. The molecule has 106 valence electrons. The molecule has 1 aromatic rings. The second-order valence-electron chi connectivity index (χ2n) is 6.96. The van der Waals surface area contributed by atoms with Crippen LogP contribution >= 0.6 is 0 Å². The van der Waals surface area contributed by atoms with Crippen molar-refractivity contribution in [2.24, 2.45) is 23.7 Å². The van der Waals surface area contributed by atoms with Gasteiger partial charge < -0.3 is 5.11 Å². The number of nitrogens with zero attached hydrogens (tertiary/aromatic N) is 2. The maximum Gasteiger partial charge on any atom is 0.309 e. The smallest absolute Gasteiger partial charge is 0.309 e. The highest BCUT2D eigenvalue weighted by Gasteiger charge is 2.49. The van der Waals surface area contributed by atoms with Crippen LogP contribution in [-0.2, 0) is 11.2 Å². The summed E-state index contributed by atoms with van der Waals surface area (Å²) >= 11 is 0. The van der Waals surface area contributed by atoms with Gasteiger partial charge in [-0.3, -0.25) is 14.8 Å². The van der Waals surface area contributed by atoms with Gasteiger partial charge in [-0.05, 0) is 55.8 Å². The molecule has 0 saturated heterocycles. The molecule has 0 aliphatic heterocycles. The van der Waals surface area contributed by atoms with Gasteiger partial charge in [-0.15, -0.1) is 0 Å². The zero-order valence-electron chi connectivity index (χ0n) is 11.5. The first-order chi connectivity index (χ1) is 9.69. The third-order valence-corrected chi connectivity index (χ3v) is 5.60. The van der Waals surface area contributed by atoms with Crippen LogP contribution in [0.25, 0.3) is 0 Å². The van der Waals surface area contributed by atoms with E-state index in [9.17, 15) is 4.79 Å². The summed E-state index contributed by atoms with van der Waals surface area (Å²) in [5.41, 5.74) is 1.65. The molecule has 4 aliphatic carbocycles. The molecule has 0 amide bonds. The molecule has 0 spiro atoms. The van der Waals surface area contributed by atoms with Crippen LogP contribution in [-0.4, -0.2) is 21.0 Å². The molecule has 0 aromatic carbocycles. The van der Waals surface area contributed by atoms with E-state index in [-0.39, 0.29) is 6.42 Å². The highest BCUT2D eigenvalue weighted by Crippen LogP contribution is 2.59. The van der Waals surface area contributed by atoms with Crippen molar-refractivity contribution in [3.05, 3.63) is 23.8 Å². The summed E-state index contributed by atoms with van der Waals surface area (Å²) in [6.45, 7) is 0. The maximum absolute atomic E-state index is 10.8. The van der Waals surface area contributed by atoms with Crippen molar-refractivity contribution in [2.75, 3.05) is 0 Å². The second kappa shape index (κ2) is 4.54. The van der Waals surface area contributed by atoms with E-state index in [2.05, 4.69) is 9.97 Å². The zero-order chi connectivity index (χ0) is 13.7. The van der Waals surface area contributed by atoms with Gasteiger partial charge in [0, 0.05) is 18.3 Å². The molecular weight excluding hydrogens is 252 g/mol. The highest BCUT2D eigenvalue weighted by molar-refractivity contribution is 5.69. The Morgan fingerprint density at radius 3 is 2.35 bits per heavy atom. The van der Waals surface area contributed by atoms with Gasteiger partial charge in [-0.2, -0.15) is 0 Å². The monoisotopic (exact) mass is 272 g/mol. The number of rotatable bonds is 3. The first-order valence-electron chi connectivity index (χ1n) is 7.71. The first-order valence-corrected chi connectivity index (χ1v) is 7.71. The largest absolute Gasteiger partial charge is 0.481 e. The Morgan fingerprint density at radius 1 is 1.10 bits per heavy atom. The lowest BCUT2D eigenvalue weighted by atomic mass is 9.51. The molecule has 1 heterocycles. The van der Waals surface area contributed by atoms with Crippen LogP contribution < -0.4 is 0 Å². The van der Waals surface area contributed by atoms with Crippen molar-refractivity contribution >= 4 is 5.97 Å². The number of carboxylic acids is 1. The van der Waals surface area contributed by atoms with Crippen molar-refractivity contribution in [3.8, 4) is 0 Å². The normalized spacial score (nSPS) is 38.1. The SMILES string of the molecule is O=C(O)Cc1cncc(C2C3CC4CC(C3)CC2C4)n1. The van der Waals surface area contributed by atoms with E-state index in [1.165, 1.54) is 32.1 Å². The summed E-state index contributed by atoms with van der Waals surface area (Å²) in [7, 11) is 0. The molecular formula is C16H20N2O2. The molecule has 0 radical (unpaired) electrons. The summed E-state index contributed by atoms with van der Waals surface area (Å²) < 4.78 is 0. The van der Waals surface area contributed by atoms with Crippen molar-refractivity contribution < 1.29 is 9.90 Å². The lowest BCUT2D eigenvalue weighted by Gasteiger charge is -2.54. The minimum atomic E-state index is -0.832. The fourth-order valence-electron chi connectivity index (χ4n) is 5.23. The Labute approximate surface area is 118 Å². The standard InChI is InChI=1S/C16H20N2O2/c19-15(20)6-13-7-17-8-14(18-13)16-11-2-9-1-10(4-11)5-12(16)3-9/h7-12,16H,1-6H2,(H,19,20). The molecule has 4 aliphatic rings. The van der Waals surface area contributed by atoms with Crippen molar-refractivity contribution in [1.29, 1.82) is 0 Å². The minimum absolute atomic E-state index is 0.0197. The van der Waals surface area contributed by atoms with Gasteiger partial charge in [0.05, 0.1) is 17.8 Å². The fourth-order valence-corrected chi connectivity index (χ4v) is 5.23. The van der Waals surface area contributed by atoms with Crippen LogP contribution in [0.1, 0.15) is 49.4 Å². The summed E-state index contributed by atoms with van der Waals surface area (Å²) in [4.78, 5) is 19.7. The second-order valence-corrected chi connectivity index (χ2v) is 6.96. The number of hydrogen-bond donors (Lipinski definition) is 1. The van der Waals surface area contributed by atoms with Crippen molar-refractivity contribution in [3.63, 3.8) is 0 Å². The predicted octanol–water partition coefficient (Wildman–Crippen LogP) is 2.64. The number of hydrogen-bond acceptors (Lipinski definition) is 3. The maximum atomic E-state index is 10.8. The summed E-state index contributed by atoms with van der Waals surface area (Å²) in [6, 6.07) is 0. The lowest BCUT2D eigenvalue weighted by molar-refractivity contribution is -0.136. The molecule has 4 heteroatoms. The van der Waals surface area contributed by atoms with Crippen LogP contribution in [0.4, 0.5) is 0 Å². The number of aliphatic carboxylic acids is 1. The van der Waals surface area contributed by atoms with E-state index >= 15 is 0 Å². The van der Waals surface area contributed by atoms with E-state index in [0.29, 0.717) is 11.6 Å². The van der Waals surface area contributed by atoms with Crippen LogP contribution in [0.5, 0.6) is 0 Å². The van der Waals surface area contributed by atoms with Crippen LogP contribution in [0.15, 0.2) is 12.4 Å². The Bertz CT molecular complexity index is 515. The van der Waals surface area contributed by atoms with Gasteiger partial charge in [0.15, 0.2) is 0 Å². The van der Waals surface area contributed by atoms with E-state index in [4.69, 9.17) is 5.11 Å². The van der Waals surface area contributed by atoms with E-state index in [1.54, 1.807) is 6.20 Å². The third-order valence-electron chi connectivity index (χ3n) is 5.60. The van der Waals surface area contributed by atoms with Gasteiger partial charge >= 0.3 is 5.97 Å². The predicted molar refractivity (Wildman–Crippen MR) is 73.2 cm³/mol. The molecule has 4 nitrogen and oxygen atoms in total. The Hall–Kier alpha value is -1.45. The first kappa shape index (κ1) is 12.3. The molecule has 5 rings (SSSR count). The van der Waals surface area contributed by atoms with Gasteiger partial charge in [0.25, 0.3) is 0 Å². The molecule has 4 fully saturated rings. The van der Waals surface area contributed by atoms with Crippen LogP contribution in [0, 0.1) is 23.7 Å². The summed E-state index contributed by atoms with van der Waals surface area (Å²) in [6.07, 6.45) is 10.3. The van der Waals surface area contributed by atoms with Crippen molar-refractivity contribution in [2.45, 2.75) is 44.4 Å². The van der Waals surface area contributed by atoms with Gasteiger partial charge in [0.2, 0.25) is 0 Å². The van der Waals surface area contributed by atoms with Crippen LogP contribution in [0.2, 0.25) is 0 Å². The topological polar surface area (TPSA) is 63.1 Å². The molecule has 4 bridgehead atoms. The molecule has 1 N–H and O–H groups in total. The minimum Gasteiger partial charge on any atom is -0.481 e. The highest BCUT2D eigenvalue weighted by atomic mass is 16.4. The van der Waals surface area contributed by atoms with Crippen molar-refractivity contribution in [1.82, 2.24) is 9.97 Å². The van der Waals surface area contributed by atoms with Gasteiger partial charge in [0.1, 0.15) is 0 Å². The Morgan fingerprint density at radius 2 is 1.75 bits per heavy atom. The zero-order valence-corrected chi connectivity index (χ0v) is 11.5. The molecule has 0 unspecified atom stereocenters. The molecule has 1 aromatic heterocycles. The van der Waals surface area contributed by atoms with Crippen LogP contribution in [0.3, 0.4) is 0 Å². The number of carboxylic acid groups (broad SMARTS) is 1. The Kier molecular flexibility index (Phi) is 2.79. The van der Waals surface area contributed by atoms with Gasteiger partial charge in [-0.25, -0.2) is 0 Å². The lowest BCUT2D eigenvalue weighted by Crippen LogP contribution is -2.44. The average molecular weight is 272 g/mol. The molecule has 0 atom stereocenters. The van der Waals surface area contributed by atoms with E-state index < -0.39 is 5.97 Å². The summed E-state index contributed by atoms with van der Waals surface area (Å²) in [5, 5.41) is 8.90. The van der Waals surface area contributed by atoms with E-state index in [1.807, 2.05) is 6.20 Å². The fraction of sp³-hybridized carbons (Fsp3) is 0.688. The number of aromatic nitrogens is 2. The Balaban J connectivity index is 1.62. The van der Waals surface area contributed by atoms with Gasteiger partial charge in [-0.1, -0.05) is 0 Å². The average Bonchev–Trinajstić information content (AvgIpc) is 2.37. The van der Waals surface area contributed by atoms with E-state index in [0.717, 1.165) is 29.4 Å². The summed E-state index contributed by atoms with van der Waals surface area (Å²) in [5.74, 6) is 3.12. The molecule has 20 heavy (non-hydrogen) atoms. The molecule has 4 saturated carbocycles. The third kappa shape index (κ3) is 2.02.